The molecule has 0 fully saturated rings. The van der Waals surface area contributed by atoms with Crippen LogP contribution in [0.25, 0.3) is 0 Å². The number of carbonyl (C=O) groups excluding carboxylic acids is 1. The summed E-state index contributed by atoms with van der Waals surface area (Å²) < 4.78 is 0. The van der Waals surface area contributed by atoms with E-state index in [2.05, 4.69) is 6.08 Å². The minimum Gasteiger partial charge on any atom is -0.398 e. The van der Waals surface area contributed by atoms with Gasteiger partial charge in [-0.2, -0.15) is 0 Å². The zero-order valence-electron chi connectivity index (χ0n) is 8.70. The van der Waals surface area contributed by atoms with Crippen LogP contribution in [0.5, 0.6) is 0 Å². The molecule has 0 saturated heterocycles. The molecule has 2 N–H and O–H groups in total. The molecular formula is C13H15NO. The molecular weight excluding hydrogens is 186 g/mol. The van der Waals surface area contributed by atoms with E-state index in [-0.39, 0.29) is 5.78 Å². The van der Waals surface area contributed by atoms with E-state index < -0.39 is 0 Å². The number of allylic oxidation sites excluding steroid dienone is 2. The molecule has 0 bridgehead atoms. The Morgan fingerprint density at radius 3 is 2.80 bits per heavy atom. The fraction of sp³-hybridized carbons (Fsp3) is 0.308. The Bertz CT molecular complexity index is 407. The third-order valence-electron chi connectivity index (χ3n) is 2.78. The third-order valence-corrected chi connectivity index (χ3v) is 2.78. The summed E-state index contributed by atoms with van der Waals surface area (Å²) in [5.41, 5.74) is 8.26. The van der Waals surface area contributed by atoms with Crippen molar-refractivity contribution in [2.24, 2.45) is 0 Å². The van der Waals surface area contributed by atoms with Gasteiger partial charge in [-0.05, 0) is 31.4 Å². The van der Waals surface area contributed by atoms with E-state index in [1.165, 1.54) is 12.0 Å². The van der Waals surface area contributed by atoms with Crippen molar-refractivity contribution in [3.63, 3.8) is 0 Å². The van der Waals surface area contributed by atoms with Crippen LogP contribution in [0, 0.1) is 0 Å². The second-order valence-corrected chi connectivity index (χ2v) is 3.94. The SMILES string of the molecule is Nc1ccccc1C(=O)CC1=CCCC1. The van der Waals surface area contributed by atoms with Gasteiger partial charge in [-0.15, -0.1) is 0 Å². The van der Waals surface area contributed by atoms with Gasteiger partial charge in [-0.3, -0.25) is 4.79 Å². The van der Waals surface area contributed by atoms with E-state index in [4.69, 9.17) is 5.73 Å². The quantitative estimate of drug-likeness (QED) is 0.464. The zero-order chi connectivity index (χ0) is 10.7. The predicted octanol–water partition coefficient (Wildman–Crippen LogP) is 2.95. The molecule has 0 atom stereocenters. The van der Waals surface area contributed by atoms with E-state index >= 15 is 0 Å². The van der Waals surface area contributed by atoms with Gasteiger partial charge < -0.3 is 5.73 Å². The molecule has 0 radical (unpaired) electrons. The van der Waals surface area contributed by atoms with Crippen LogP contribution in [0.15, 0.2) is 35.9 Å². The summed E-state index contributed by atoms with van der Waals surface area (Å²) in [5.74, 6) is 0.140. The van der Waals surface area contributed by atoms with Gasteiger partial charge in [0.15, 0.2) is 5.78 Å². The molecule has 1 aliphatic rings. The molecule has 2 nitrogen and oxygen atoms in total. The lowest BCUT2D eigenvalue weighted by atomic mass is 10.0. The highest BCUT2D eigenvalue weighted by Gasteiger charge is 2.13. The fourth-order valence-electron chi connectivity index (χ4n) is 1.95. The molecule has 1 aliphatic carbocycles. The summed E-state index contributed by atoms with van der Waals surface area (Å²) in [4.78, 5) is 11.9. The summed E-state index contributed by atoms with van der Waals surface area (Å²) in [6.07, 6.45) is 6.09. The number of nitrogen functional groups attached to an aromatic ring is 1. The summed E-state index contributed by atoms with van der Waals surface area (Å²) >= 11 is 0. The maximum Gasteiger partial charge on any atom is 0.168 e. The van der Waals surface area contributed by atoms with Gasteiger partial charge >= 0.3 is 0 Å². The number of hydrogen-bond acceptors (Lipinski definition) is 2. The molecule has 0 saturated carbocycles. The standard InChI is InChI=1S/C13H15NO/c14-12-8-4-3-7-11(12)13(15)9-10-5-1-2-6-10/h3-5,7-8H,1-2,6,9,14H2. The van der Waals surface area contributed by atoms with Crippen LogP contribution >= 0.6 is 0 Å². The maximum atomic E-state index is 11.9. The van der Waals surface area contributed by atoms with Crippen molar-refractivity contribution in [2.45, 2.75) is 25.7 Å². The summed E-state index contributed by atoms with van der Waals surface area (Å²) in [5, 5.41) is 0. The van der Waals surface area contributed by atoms with Crippen LogP contribution < -0.4 is 5.73 Å². The van der Waals surface area contributed by atoms with Crippen molar-refractivity contribution >= 4 is 11.5 Å². The average molecular weight is 201 g/mol. The van der Waals surface area contributed by atoms with Crippen LogP contribution in [-0.4, -0.2) is 5.78 Å². The molecule has 0 unspecified atom stereocenters. The summed E-state index contributed by atoms with van der Waals surface area (Å²) in [7, 11) is 0. The first-order valence-corrected chi connectivity index (χ1v) is 5.33. The third kappa shape index (κ3) is 2.27. The summed E-state index contributed by atoms with van der Waals surface area (Å²) in [6.45, 7) is 0. The molecule has 0 aromatic heterocycles. The highest BCUT2D eigenvalue weighted by atomic mass is 16.1. The van der Waals surface area contributed by atoms with Crippen molar-refractivity contribution in [2.75, 3.05) is 5.73 Å². The molecule has 78 valence electrons. The van der Waals surface area contributed by atoms with Crippen molar-refractivity contribution < 1.29 is 4.79 Å². The Hall–Kier alpha value is -1.57. The number of anilines is 1. The Labute approximate surface area is 89.8 Å². The Kier molecular flexibility index (Phi) is 2.86. The second-order valence-electron chi connectivity index (χ2n) is 3.94. The minimum atomic E-state index is 0.140. The van der Waals surface area contributed by atoms with E-state index in [9.17, 15) is 4.79 Å². The van der Waals surface area contributed by atoms with E-state index in [1.54, 1.807) is 12.1 Å². The van der Waals surface area contributed by atoms with E-state index in [1.807, 2.05) is 12.1 Å². The number of para-hydroxylation sites is 1. The largest absolute Gasteiger partial charge is 0.398 e. The fourth-order valence-corrected chi connectivity index (χ4v) is 1.95. The van der Waals surface area contributed by atoms with Crippen LogP contribution in [0.1, 0.15) is 36.0 Å². The molecule has 0 aliphatic heterocycles. The number of rotatable bonds is 3. The van der Waals surface area contributed by atoms with Gasteiger partial charge in [0.2, 0.25) is 0 Å². The number of hydrogen-bond donors (Lipinski definition) is 1. The normalized spacial score (nSPS) is 15.1. The molecule has 0 spiro atoms. The topological polar surface area (TPSA) is 43.1 Å². The highest BCUT2D eigenvalue weighted by molar-refractivity contribution is 6.01. The van der Waals surface area contributed by atoms with Gasteiger partial charge in [-0.1, -0.05) is 23.8 Å². The molecule has 2 heteroatoms. The Balaban J connectivity index is 2.11. The minimum absolute atomic E-state index is 0.140. The van der Waals surface area contributed by atoms with Gasteiger partial charge in [0, 0.05) is 17.7 Å². The first-order valence-electron chi connectivity index (χ1n) is 5.33. The monoisotopic (exact) mass is 201 g/mol. The number of ketones is 1. The molecule has 1 aromatic carbocycles. The molecule has 0 amide bonds. The lowest BCUT2D eigenvalue weighted by Gasteiger charge is -2.04. The molecule has 15 heavy (non-hydrogen) atoms. The van der Waals surface area contributed by atoms with Crippen molar-refractivity contribution in [1.29, 1.82) is 0 Å². The highest BCUT2D eigenvalue weighted by Crippen LogP contribution is 2.23. The van der Waals surface area contributed by atoms with Crippen LogP contribution in [0.3, 0.4) is 0 Å². The van der Waals surface area contributed by atoms with Crippen LogP contribution in [0.4, 0.5) is 5.69 Å². The van der Waals surface area contributed by atoms with Gasteiger partial charge in [0.25, 0.3) is 0 Å². The number of carbonyl (C=O) groups is 1. The average Bonchev–Trinajstić information content (AvgIpc) is 2.71. The van der Waals surface area contributed by atoms with Crippen molar-refractivity contribution in [1.82, 2.24) is 0 Å². The smallest absolute Gasteiger partial charge is 0.168 e. The van der Waals surface area contributed by atoms with Gasteiger partial charge in [-0.25, -0.2) is 0 Å². The first-order chi connectivity index (χ1) is 7.27. The zero-order valence-corrected chi connectivity index (χ0v) is 8.70. The Morgan fingerprint density at radius 2 is 2.13 bits per heavy atom. The number of benzene rings is 1. The maximum absolute atomic E-state index is 11.9. The number of Topliss-reactive ketones (excluding diaryl/α,β-unsaturated/α-hetero) is 1. The first kappa shape index (κ1) is 9.97. The molecule has 0 heterocycles. The van der Waals surface area contributed by atoms with Crippen LogP contribution in [-0.2, 0) is 0 Å². The molecule has 2 rings (SSSR count). The molecule has 1 aromatic rings. The second kappa shape index (κ2) is 4.30. The Morgan fingerprint density at radius 1 is 1.33 bits per heavy atom. The lowest BCUT2D eigenvalue weighted by Crippen LogP contribution is -2.04. The van der Waals surface area contributed by atoms with E-state index in [0.29, 0.717) is 17.7 Å². The van der Waals surface area contributed by atoms with E-state index in [0.717, 1.165) is 12.8 Å². The predicted molar refractivity (Wildman–Crippen MR) is 61.7 cm³/mol. The summed E-state index contributed by atoms with van der Waals surface area (Å²) in [6, 6.07) is 7.27. The lowest BCUT2D eigenvalue weighted by molar-refractivity contribution is 0.0993. The van der Waals surface area contributed by atoms with Gasteiger partial charge in [0.05, 0.1) is 0 Å². The number of nitrogens with two attached hydrogens (primary N) is 1. The van der Waals surface area contributed by atoms with Crippen molar-refractivity contribution in [3.05, 3.63) is 41.5 Å². The van der Waals surface area contributed by atoms with Crippen LogP contribution in [0.2, 0.25) is 0 Å². The van der Waals surface area contributed by atoms with Crippen molar-refractivity contribution in [3.8, 4) is 0 Å². The van der Waals surface area contributed by atoms with Gasteiger partial charge in [0.1, 0.15) is 0 Å².